The summed E-state index contributed by atoms with van der Waals surface area (Å²) < 4.78 is 6.56. The van der Waals surface area contributed by atoms with Gasteiger partial charge in [0.15, 0.2) is 4.34 Å². The van der Waals surface area contributed by atoms with E-state index in [1.54, 1.807) is 23.1 Å². The van der Waals surface area contributed by atoms with Crippen molar-refractivity contribution in [2.45, 2.75) is 24.2 Å². The Morgan fingerprint density at radius 2 is 2.25 bits per heavy atom. The van der Waals surface area contributed by atoms with Crippen LogP contribution in [-0.4, -0.2) is 28.6 Å². The van der Waals surface area contributed by atoms with Crippen molar-refractivity contribution in [3.8, 4) is 5.75 Å². The first-order chi connectivity index (χ1) is 9.63. The van der Waals surface area contributed by atoms with E-state index in [4.69, 9.17) is 16.3 Å². The van der Waals surface area contributed by atoms with Crippen LogP contribution < -0.4 is 10.1 Å². The minimum Gasteiger partial charge on any atom is -0.493 e. The number of ether oxygens (including phenoxy) is 1. The number of benzene rings is 1. The van der Waals surface area contributed by atoms with Crippen LogP contribution in [-0.2, 0) is 0 Å². The quantitative estimate of drug-likeness (QED) is 0.610. The van der Waals surface area contributed by atoms with E-state index in [1.807, 2.05) is 24.3 Å². The normalized spacial score (nSPS) is 10.8. The third-order valence-corrected chi connectivity index (χ3v) is 4.38. The second-order valence-corrected chi connectivity index (χ2v) is 7.08. The summed E-state index contributed by atoms with van der Waals surface area (Å²) in [4.78, 5) is 0. The van der Waals surface area contributed by atoms with Gasteiger partial charge in [0.1, 0.15) is 5.75 Å². The fourth-order valence-electron chi connectivity index (χ4n) is 1.42. The summed E-state index contributed by atoms with van der Waals surface area (Å²) in [6.07, 6.45) is 0. The van der Waals surface area contributed by atoms with Crippen molar-refractivity contribution in [1.82, 2.24) is 10.2 Å². The molecule has 1 N–H and O–H groups in total. The summed E-state index contributed by atoms with van der Waals surface area (Å²) in [5.41, 5.74) is 0. The topological polar surface area (TPSA) is 47.0 Å². The van der Waals surface area contributed by atoms with E-state index < -0.39 is 0 Å². The van der Waals surface area contributed by atoms with Gasteiger partial charge in [0.05, 0.1) is 6.61 Å². The lowest BCUT2D eigenvalue weighted by atomic mass is 10.3. The number of nitrogens with one attached hydrogen (secondary N) is 1. The Morgan fingerprint density at radius 1 is 1.40 bits per heavy atom. The summed E-state index contributed by atoms with van der Waals surface area (Å²) in [7, 11) is 0. The second-order valence-electron chi connectivity index (χ2n) is 4.33. The lowest BCUT2D eigenvalue weighted by molar-refractivity contribution is 0.344. The largest absolute Gasteiger partial charge is 0.493 e. The Morgan fingerprint density at radius 3 is 3.00 bits per heavy atom. The lowest BCUT2D eigenvalue weighted by Crippen LogP contribution is -2.08. The molecule has 0 aliphatic rings. The standard InChI is InChI=1S/C13H16ClN3OS2/c1-9(2)15-12-16-17-13(20-12)19-7-6-18-11-5-3-4-10(14)8-11/h3-5,8-9H,6-7H2,1-2H3,(H,15,16). The van der Waals surface area contributed by atoms with Crippen molar-refractivity contribution in [1.29, 1.82) is 0 Å². The molecule has 0 bridgehead atoms. The van der Waals surface area contributed by atoms with Crippen molar-refractivity contribution < 1.29 is 4.74 Å². The third kappa shape index (κ3) is 5.19. The lowest BCUT2D eigenvalue weighted by Gasteiger charge is -2.05. The molecule has 1 aromatic heterocycles. The first-order valence-electron chi connectivity index (χ1n) is 6.24. The predicted molar refractivity (Wildman–Crippen MR) is 86.3 cm³/mol. The maximum atomic E-state index is 5.89. The first-order valence-corrected chi connectivity index (χ1v) is 8.42. The Labute approximate surface area is 131 Å². The van der Waals surface area contributed by atoms with Crippen molar-refractivity contribution in [2.75, 3.05) is 17.7 Å². The molecule has 0 spiro atoms. The average molecular weight is 330 g/mol. The zero-order valence-electron chi connectivity index (χ0n) is 11.3. The van der Waals surface area contributed by atoms with Crippen LogP contribution in [0.5, 0.6) is 5.75 Å². The highest BCUT2D eigenvalue weighted by molar-refractivity contribution is 8.01. The van der Waals surface area contributed by atoms with Gasteiger partial charge in [-0.3, -0.25) is 0 Å². The molecule has 0 saturated carbocycles. The van der Waals surface area contributed by atoms with E-state index in [1.165, 1.54) is 0 Å². The molecule has 2 aromatic rings. The summed E-state index contributed by atoms with van der Waals surface area (Å²) in [5.74, 6) is 1.61. The van der Waals surface area contributed by atoms with Crippen molar-refractivity contribution in [2.24, 2.45) is 0 Å². The number of aromatic nitrogens is 2. The van der Waals surface area contributed by atoms with Gasteiger partial charge in [-0.25, -0.2) is 0 Å². The van der Waals surface area contributed by atoms with Crippen LogP contribution in [0.15, 0.2) is 28.6 Å². The molecular weight excluding hydrogens is 314 g/mol. The molecule has 0 amide bonds. The fraction of sp³-hybridized carbons (Fsp3) is 0.385. The molecule has 0 saturated heterocycles. The Balaban J connectivity index is 1.72. The van der Waals surface area contributed by atoms with E-state index in [2.05, 4.69) is 29.4 Å². The average Bonchev–Trinajstić information content (AvgIpc) is 2.81. The molecule has 1 aromatic carbocycles. The number of hydrogen-bond donors (Lipinski definition) is 1. The van der Waals surface area contributed by atoms with Crippen molar-refractivity contribution in [3.63, 3.8) is 0 Å². The molecule has 0 fully saturated rings. The number of nitrogens with zero attached hydrogens (tertiary/aromatic N) is 2. The van der Waals surface area contributed by atoms with Gasteiger partial charge in [-0.2, -0.15) is 0 Å². The van der Waals surface area contributed by atoms with Gasteiger partial charge in [-0.15, -0.1) is 10.2 Å². The van der Waals surface area contributed by atoms with Gasteiger partial charge in [-0.05, 0) is 32.0 Å². The van der Waals surface area contributed by atoms with E-state index in [9.17, 15) is 0 Å². The number of rotatable bonds is 7. The van der Waals surface area contributed by atoms with Crippen molar-refractivity contribution in [3.05, 3.63) is 29.3 Å². The van der Waals surface area contributed by atoms with Crippen LogP contribution in [0.2, 0.25) is 5.02 Å². The van der Waals surface area contributed by atoms with Crippen LogP contribution in [0.1, 0.15) is 13.8 Å². The Kier molecular flexibility index (Phi) is 5.94. The zero-order valence-corrected chi connectivity index (χ0v) is 13.7. The maximum Gasteiger partial charge on any atom is 0.206 e. The van der Waals surface area contributed by atoms with Crippen molar-refractivity contribution >= 4 is 39.8 Å². The van der Waals surface area contributed by atoms with Gasteiger partial charge in [0.2, 0.25) is 5.13 Å². The molecule has 0 unspecified atom stereocenters. The SMILES string of the molecule is CC(C)Nc1nnc(SCCOc2cccc(Cl)c2)s1. The van der Waals surface area contributed by atoms with Gasteiger partial charge in [-0.1, -0.05) is 40.8 Å². The molecule has 2 rings (SSSR count). The molecule has 1 heterocycles. The van der Waals surface area contributed by atoms with Crippen LogP contribution >= 0.6 is 34.7 Å². The molecule has 0 atom stereocenters. The number of anilines is 1. The third-order valence-electron chi connectivity index (χ3n) is 2.19. The smallest absolute Gasteiger partial charge is 0.206 e. The summed E-state index contributed by atoms with van der Waals surface area (Å²) in [6, 6.07) is 7.77. The van der Waals surface area contributed by atoms with Gasteiger partial charge in [0, 0.05) is 16.8 Å². The first kappa shape index (κ1) is 15.4. The molecule has 4 nitrogen and oxygen atoms in total. The van der Waals surface area contributed by atoms with Gasteiger partial charge in [0.25, 0.3) is 0 Å². The van der Waals surface area contributed by atoms with Gasteiger partial charge < -0.3 is 10.1 Å². The van der Waals surface area contributed by atoms with Crippen LogP contribution in [0.4, 0.5) is 5.13 Å². The predicted octanol–water partition coefficient (Wildman–Crippen LogP) is 4.18. The highest BCUT2D eigenvalue weighted by Crippen LogP contribution is 2.26. The summed E-state index contributed by atoms with van der Waals surface area (Å²) in [5, 5.41) is 13.0. The highest BCUT2D eigenvalue weighted by atomic mass is 35.5. The number of thioether (sulfide) groups is 1. The minimum atomic E-state index is 0.368. The molecule has 108 valence electrons. The van der Waals surface area contributed by atoms with Crippen LogP contribution in [0, 0.1) is 0 Å². The molecule has 0 aliphatic carbocycles. The molecule has 7 heteroatoms. The fourth-order valence-corrected chi connectivity index (χ4v) is 3.38. The number of halogens is 1. The Hall–Kier alpha value is -0.980. The maximum absolute atomic E-state index is 5.89. The zero-order chi connectivity index (χ0) is 14.4. The monoisotopic (exact) mass is 329 g/mol. The van der Waals surface area contributed by atoms with Crippen LogP contribution in [0.3, 0.4) is 0 Å². The van der Waals surface area contributed by atoms with E-state index in [-0.39, 0.29) is 0 Å². The number of hydrogen-bond acceptors (Lipinski definition) is 6. The minimum absolute atomic E-state index is 0.368. The van der Waals surface area contributed by atoms with Crippen LogP contribution in [0.25, 0.3) is 0 Å². The van der Waals surface area contributed by atoms with E-state index >= 15 is 0 Å². The Bertz CT molecular complexity index is 548. The molecule has 0 radical (unpaired) electrons. The molecule has 20 heavy (non-hydrogen) atoms. The summed E-state index contributed by atoms with van der Waals surface area (Å²) >= 11 is 9.09. The second kappa shape index (κ2) is 7.71. The van der Waals surface area contributed by atoms with E-state index in [0.29, 0.717) is 17.7 Å². The van der Waals surface area contributed by atoms with E-state index in [0.717, 1.165) is 21.0 Å². The molecule has 0 aliphatic heterocycles. The summed E-state index contributed by atoms with van der Waals surface area (Å²) in [6.45, 7) is 4.76. The van der Waals surface area contributed by atoms with Gasteiger partial charge >= 0.3 is 0 Å². The molecular formula is C13H16ClN3OS2. The highest BCUT2D eigenvalue weighted by Gasteiger charge is 2.05.